The minimum atomic E-state index is -0.0687. The predicted octanol–water partition coefficient (Wildman–Crippen LogP) is 2.20. The molecule has 1 aromatic carbocycles. The number of amides is 2. The Morgan fingerprint density at radius 3 is 2.39 bits per heavy atom. The van der Waals surface area contributed by atoms with Crippen LogP contribution in [0.2, 0.25) is 0 Å². The number of rotatable bonds is 4. The Hall–Kier alpha value is -2.74. The van der Waals surface area contributed by atoms with Crippen molar-refractivity contribution in [1.82, 2.24) is 24.8 Å². The number of aryl methyl sites for hydroxylation is 1. The van der Waals surface area contributed by atoms with Crippen molar-refractivity contribution in [2.75, 3.05) is 39.3 Å². The summed E-state index contributed by atoms with van der Waals surface area (Å²) in [5, 5.41) is 3.90. The number of benzene rings is 1. The minimum Gasteiger partial charge on any atom is -0.341 e. The molecule has 2 aliphatic heterocycles. The number of carbonyl (C=O) groups is 2. The molecule has 0 N–H and O–H groups in total. The molecule has 3 fully saturated rings. The van der Waals surface area contributed by atoms with Gasteiger partial charge in [0.15, 0.2) is 0 Å². The first kappa shape index (κ1) is 20.2. The number of hydrogen-bond donors (Lipinski definition) is 0. The zero-order valence-corrected chi connectivity index (χ0v) is 18.0. The van der Waals surface area contributed by atoms with Crippen molar-refractivity contribution in [2.45, 2.75) is 38.6 Å². The van der Waals surface area contributed by atoms with Crippen LogP contribution in [0.25, 0.3) is 11.4 Å². The summed E-state index contributed by atoms with van der Waals surface area (Å²) < 4.78 is 5.00. The molecule has 0 spiro atoms. The molecular formula is C23H29N5O3. The minimum absolute atomic E-state index is 0.0353. The van der Waals surface area contributed by atoms with Crippen LogP contribution in [-0.2, 0) is 4.79 Å². The van der Waals surface area contributed by atoms with Gasteiger partial charge in [0, 0.05) is 63.4 Å². The lowest BCUT2D eigenvalue weighted by atomic mass is 9.91. The van der Waals surface area contributed by atoms with E-state index < -0.39 is 0 Å². The van der Waals surface area contributed by atoms with Gasteiger partial charge in [-0.15, -0.1) is 0 Å². The zero-order chi connectivity index (χ0) is 21.4. The number of carbonyl (C=O) groups excluding carboxylic acids is 2. The molecule has 0 unspecified atom stereocenters. The molecular weight excluding hydrogens is 394 g/mol. The van der Waals surface area contributed by atoms with E-state index in [2.05, 4.69) is 15.0 Å². The largest absolute Gasteiger partial charge is 0.341 e. The van der Waals surface area contributed by atoms with E-state index in [-0.39, 0.29) is 17.7 Å². The molecule has 3 aliphatic rings. The Balaban J connectivity index is 1.13. The van der Waals surface area contributed by atoms with Crippen molar-refractivity contribution in [3.63, 3.8) is 0 Å². The number of hydrogen-bond acceptors (Lipinski definition) is 6. The summed E-state index contributed by atoms with van der Waals surface area (Å²) in [4.78, 5) is 36.3. The summed E-state index contributed by atoms with van der Waals surface area (Å²) in [6.45, 7) is 6.49. The van der Waals surface area contributed by atoms with Gasteiger partial charge in [-0.2, -0.15) is 4.98 Å². The fourth-order valence-corrected chi connectivity index (χ4v) is 4.69. The highest BCUT2D eigenvalue weighted by atomic mass is 16.5. The first-order valence-electron chi connectivity index (χ1n) is 11.3. The molecule has 8 heteroatoms. The van der Waals surface area contributed by atoms with E-state index in [4.69, 9.17) is 4.52 Å². The molecule has 164 valence electrons. The topological polar surface area (TPSA) is 82.8 Å². The summed E-state index contributed by atoms with van der Waals surface area (Å²) in [6.07, 6.45) is 5.01. The van der Waals surface area contributed by atoms with E-state index in [9.17, 15) is 9.59 Å². The lowest BCUT2D eigenvalue weighted by Gasteiger charge is -2.40. The molecule has 0 atom stereocenters. The number of likely N-dealkylation sites (tertiary alicyclic amines) is 1. The molecule has 1 aromatic heterocycles. The van der Waals surface area contributed by atoms with Crippen LogP contribution < -0.4 is 0 Å². The van der Waals surface area contributed by atoms with Gasteiger partial charge < -0.3 is 14.3 Å². The maximum atomic E-state index is 12.9. The third kappa shape index (κ3) is 4.08. The summed E-state index contributed by atoms with van der Waals surface area (Å²) in [6, 6.07) is 7.95. The normalized spacial score (nSPS) is 20.8. The Bertz CT molecular complexity index is 946. The molecule has 2 aromatic rings. The van der Waals surface area contributed by atoms with Gasteiger partial charge in [0.2, 0.25) is 17.6 Å². The van der Waals surface area contributed by atoms with Crippen LogP contribution in [-0.4, -0.2) is 82.0 Å². The molecule has 2 amide bonds. The molecule has 2 saturated heterocycles. The van der Waals surface area contributed by atoms with Gasteiger partial charge in [0.05, 0.1) is 5.92 Å². The lowest BCUT2D eigenvalue weighted by Crippen LogP contribution is -2.56. The van der Waals surface area contributed by atoms with Crippen LogP contribution in [0, 0.1) is 12.8 Å². The summed E-state index contributed by atoms with van der Waals surface area (Å²) in [5.41, 5.74) is 1.42. The van der Waals surface area contributed by atoms with Crippen molar-refractivity contribution in [3.8, 4) is 11.4 Å². The molecule has 0 radical (unpaired) electrons. The Labute approximate surface area is 182 Å². The Kier molecular flexibility index (Phi) is 5.48. The average molecular weight is 424 g/mol. The molecule has 0 bridgehead atoms. The number of aromatic nitrogens is 2. The SMILES string of the molecule is Cc1nc(-c2ccc(C(=O)N3CC(C(=O)N4CCCN(C5CCC5)CC4)C3)cc2)no1. The molecule has 1 aliphatic carbocycles. The maximum Gasteiger partial charge on any atom is 0.253 e. The molecule has 8 nitrogen and oxygen atoms in total. The second kappa shape index (κ2) is 8.42. The fourth-order valence-electron chi connectivity index (χ4n) is 4.69. The van der Waals surface area contributed by atoms with Gasteiger partial charge in [-0.25, -0.2) is 0 Å². The highest BCUT2D eigenvalue weighted by Crippen LogP contribution is 2.27. The van der Waals surface area contributed by atoms with Gasteiger partial charge in [0.1, 0.15) is 0 Å². The summed E-state index contributed by atoms with van der Waals surface area (Å²) >= 11 is 0. The van der Waals surface area contributed by atoms with Crippen LogP contribution in [0.4, 0.5) is 0 Å². The lowest BCUT2D eigenvalue weighted by molar-refractivity contribution is -0.139. The summed E-state index contributed by atoms with van der Waals surface area (Å²) in [5.74, 6) is 1.13. The maximum absolute atomic E-state index is 12.9. The third-order valence-electron chi connectivity index (χ3n) is 6.87. The Morgan fingerprint density at radius 1 is 0.968 bits per heavy atom. The van der Waals surface area contributed by atoms with Crippen molar-refractivity contribution in [1.29, 1.82) is 0 Å². The van der Waals surface area contributed by atoms with Crippen molar-refractivity contribution < 1.29 is 14.1 Å². The highest BCUT2D eigenvalue weighted by Gasteiger charge is 2.39. The molecule has 5 rings (SSSR count). The average Bonchev–Trinajstić information content (AvgIpc) is 2.99. The quantitative estimate of drug-likeness (QED) is 0.750. The van der Waals surface area contributed by atoms with E-state index in [1.807, 2.05) is 17.0 Å². The second-order valence-corrected chi connectivity index (χ2v) is 8.92. The Morgan fingerprint density at radius 2 is 1.74 bits per heavy atom. The smallest absolute Gasteiger partial charge is 0.253 e. The van der Waals surface area contributed by atoms with Crippen LogP contribution >= 0.6 is 0 Å². The highest BCUT2D eigenvalue weighted by molar-refractivity contribution is 5.96. The first-order valence-corrected chi connectivity index (χ1v) is 11.3. The van der Waals surface area contributed by atoms with Crippen molar-refractivity contribution in [3.05, 3.63) is 35.7 Å². The van der Waals surface area contributed by atoms with Gasteiger partial charge >= 0.3 is 0 Å². The van der Waals surface area contributed by atoms with Gasteiger partial charge in [-0.1, -0.05) is 23.7 Å². The van der Waals surface area contributed by atoms with E-state index >= 15 is 0 Å². The molecule has 3 heterocycles. The monoisotopic (exact) mass is 423 g/mol. The van der Waals surface area contributed by atoms with Crippen LogP contribution in [0.3, 0.4) is 0 Å². The summed E-state index contributed by atoms with van der Waals surface area (Å²) in [7, 11) is 0. The third-order valence-corrected chi connectivity index (χ3v) is 6.87. The van der Waals surface area contributed by atoms with Crippen molar-refractivity contribution >= 4 is 11.8 Å². The van der Waals surface area contributed by atoms with Crippen LogP contribution in [0.5, 0.6) is 0 Å². The van der Waals surface area contributed by atoms with Gasteiger partial charge in [-0.3, -0.25) is 14.5 Å². The standard InChI is InChI=1S/C23H29N5O3/c1-16-24-21(25-31-16)17-6-8-18(9-7-17)22(29)28-14-19(15-28)23(30)27-11-3-10-26(12-13-27)20-4-2-5-20/h6-9,19-20H,2-5,10-15H2,1H3. The van der Waals surface area contributed by atoms with Crippen LogP contribution in [0.1, 0.15) is 41.9 Å². The first-order chi connectivity index (χ1) is 15.1. The molecule has 31 heavy (non-hydrogen) atoms. The zero-order valence-electron chi connectivity index (χ0n) is 18.0. The van der Waals surface area contributed by atoms with E-state index in [0.717, 1.165) is 44.2 Å². The molecule has 1 saturated carbocycles. The van der Waals surface area contributed by atoms with Gasteiger partial charge in [-0.05, 0) is 31.4 Å². The second-order valence-electron chi connectivity index (χ2n) is 8.92. The van der Waals surface area contributed by atoms with E-state index in [1.54, 1.807) is 24.0 Å². The van der Waals surface area contributed by atoms with E-state index in [0.29, 0.717) is 30.4 Å². The van der Waals surface area contributed by atoms with Gasteiger partial charge in [0.25, 0.3) is 5.91 Å². The fraction of sp³-hybridized carbons (Fsp3) is 0.565. The van der Waals surface area contributed by atoms with Crippen LogP contribution in [0.15, 0.2) is 28.8 Å². The van der Waals surface area contributed by atoms with Crippen molar-refractivity contribution in [2.24, 2.45) is 5.92 Å². The van der Waals surface area contributed by atoms with E-state index in [1.165, 1.54) is 19.3 Å². The number of nitrogens with zero attached hydrogens (tertiary/aromatic N) is 5. The predicted molar refractivity (Wildman–Crippen MR) is 114 cm³/mol.